The molecule has 0 bridgehead atoms. The van der Waals surface area contributed by atoms with E-state index in [-0.39, 0.29) is 29.1 Å². The number of likely N-dealkylation sites (tertiary alicyclic amines) is 1. The van der Waals surface area contributed by atoms with Gasteiger partial charge in [0.2, 0.25) is 17.6 Å². The van der Waals surface area contributed by atoms with Gasteiger partial charge in [-0.2, -0.15) is 0 Å². The monoisotopic (exact) mass is 519 g/mol. The Balaban J connectivity index is 1.83. The second-order valence-corrected chi connectivity index (χ2v) is 13.9. The van der Waals surface area contributed by atoms with Crippen LogP contribution in [0, 0.1) is 28.6 Å². The summed E-state index contributed by atoms with van der Waals surface area (Å²) in [7, 11) is 0. The molecule has 1 aliphatic heterocycles. The number of amides is 5. The summed E-state index contributed by atoms with van der Waals surface area (Å²) >= 11 is 0. The first-order valence-electron chi connectivity index (χ1n) is 13.4. The van der Waals surface area contributed by atoms with Gasteiger partial charge in [-0.05, 0) is 55.8 Å². The topological polar surface area (TPSA) is 151 Å². The number of nitrogens with zero attached hydrogens (tertiary/aromatic N) is 1. The number of fused-ring (bicyclic) bond motifs is 1. The number of piperidine rings is 1. The van der Waals surface area contributed by atoms with E-state index >= 15 is 0 Å². The Morgan fingerprint density at radius 1 is 1.00 bits per heavy atom. The zero-order valence-electron chi connectivity index (χ0n) is 23.6. The van der Waals surface area contributed by atoms with Gasteiger partial charge >= 0.3 is 6.03 Å². The van der Waals surface area contributed by atoms with E-state index in [0.717, 1.165) is 19.3 Å². The van der Waals surface area contributed by atoms with Crippen molar-refractivity contribution in [2.75, 3.05) is 6.54 Å². The zero-order chi connectivity index (χ0) is 28.1. The predicted octanol–water partition coefficient (Wildman–Crippen LogP) is 1.71. The molecule has 208 valence electrons. The van der Waals surface area contributed by atoms with E-state index in [0.29, 0.717) is 13.0 Å². The molecule has 5 amide bonds. The van der Waals surface area contributed by atoms with Crippen LogP contribution in [0.3, 0.4) is 0 Å². The fraction of sp³-hybridized carbons (Fsp3) is 0.815. The van der Waals surface area contributed by atoms with Gasteiger partial charge in [0.15, 0.2) is 0 Å². The average molecular weight is 520 g/mol. The Kier molecular flexibility index (Phi) is 7.74. The Hall–Kier alpha value is -2.65. The molecular weight excluding hydrogens is 474 g/mol. The molecule has 3 unspecified atom stereocenters. The number of Topliss-reactive ketones (excluding diaryl/α,β-unsaturated/α-hetero) is 1. The molecule has 37 heavy (non-hydrogen) atoms. The van der Waals surface area contributed by atoms with Gasteiger partial charge in [0.25, 0.3) is 5.91 Å². The van der Waals surface area contributed by atoms with E-state index < -0.39 is 52.7 Å². The van der Waals surface area contributed by atoms with Crippen LogP contribution in [0.1, 0.15) is 81.1 Å². The summed E-state index contributed by atoms with van der Waals surface area (Å²) in [6.07, 6.45) is 3.31. The fourth-order valence-corrected chi connectivity index (χ4v) is 5.86. The Morgan fingerprint density at radius 2 is 1.59 bits per heavy atom. The first kappa shape index (κ1) is 28.9. The molecule has 1 heterocycles. The number of rotatable bonds is 8. The molecule has 5 atom stereocenters. The average Bonchev–Trinajstić information content (AvgIpc) is 3.06. The molecule has 0 radical (unpaired) electrons. The van der Waals surface area contributed by atoms with Crippen LogP contribution in [-0.2, 0) is 19.2 Å². The molecule has 3 rings (SSSR count). The van der Waals surface area contributed by atoms with Gasteiger partial charge in [-0.15, -0.1) is 0 Å². The zero-order valence-corrected chi connectivity index (χ0v) is 23.6. The number of carbonyl (C=O) groups excluding carboxylic acids is 5. The Labute approximate surface area is 220 Å². The van der Waals surface area contributed by atoms with Gasteiger partial charge in [0.05, 0.1) is 6.04 Å². The van der Waals surface area contributed by atoms with Crippen molar-refractivity contribution in [1.82, 2.24) is 20.9 Å². The molecule has 2 aliphatic carbocycles. The highest BCUT2D eigenvalue weighted by atomic mass is 16.2. The van der Waals surface area contributed by atoms with Gasteiger partial charge < -0.3 is 26.6 Å². The van der Waals surface area contributed by atoms with E-state index in [1.165, 1.54) is 0 Å². The molecule has 1 saturated heterocycles. The van der Waals surface area contributed by atoms with Crippen molar-refractivity contribution in [2.45, 2.75) is 105 Å². The summed E-state index contributed by atoms with van der Waals surface area (Å²) in [6.45, 7) is 15.7. The van der Waals surface area contributed by atoms with Crippen molar-refractivity contribution in [2.24, 2.45) is 34.3 Å². The molecule has 0 aromatic rings. The summed E-state index contributed by atoms with van der Waals surface area (Å²) in [5.41, 5.74) is 4.04. The van der Waals surface area contributed by atoms with Crippen LogP contribution in [-0.4, -0.2) is 64.6 Å². The van der Waals surface area contributed by atoms with Crippen molar-refractivity contribution in [3.63, 3.8) is 0 Å². The molecule has 2 saturated carbocycles. The predicted molar refractivity (Wildman–Crippen MR) is 139 cm³/mol. The minimum absolute atomic E-state index is 0.0755. The summed E-state index contributed by atoms with van der Waals surface area (Å²) in [4.78, 5) is 66.1. The van der Waals surface area contributed by atoms with Crippen LogP contribution >= 0.6 is 0 Å². The number of nitrogens with two attached hydrogens (primary N) is 1. The lowest BCUT2D eigenvalue weighted by molar-refractivity contribution is -0.145. The number of ketones is 1. The van der Waals surface area contributed by atoms with Crippen molar-refractivity contribution in [1.29, 1.82) is 0 Å². The number of nitrogens with one attached hydrogen (secondary N) is 3. The van der Waals surface area contributed by atoms with Crippen LogP contribution in [0.5, 0.6) is 0 Å². The number of primary amides is 1. The lowest BCUT2D eigenvalue weighted by Gasteiger charge is -2.38. The van der Waals surface area contributed by atoms with Crippen LogP contribution in [0.15, 0.2) is 0 Å². The second-order valence-electron chi connectivity index (χ2n) is 13.9. The van der Waals surface area contributed by atoms with E-state index in [1.807, 2.05) is 41.5 Å². The molecule has 3 fully saturated rings. The van der Waals surface area contributed by atoms with Crippen molar-refractivity contribution < 1.29 is 24.0 Å². The summed E-state index contributed by atoms with van der Waals surface area (Å²) in [6, 6.07) is -3.13. The highest BCUT2D eigenvalue weighted by Crippen LogP contribution is 2.65. The lowest BCUT2D eigenvalue weighted by atomic mass is 9.80. The molecular formula is C27H45N5O5. The number of hydrogen-bond acceptors (Lipinski definition) is 5. The summed E-state index contributed by atoms with van der Waals surface area (Å²) < 4.78 is 0. The minimum Gasteiger partial charge on any atom is -0.363 e. The van der Waals surface area contributed by atoms with Crippen molar-refractivity contribution >= 4 is 29.5 Å². The quantitative estimate of drug-likeness (QED) is 0.360. The highest BCUT2D eigenvalue weighted by molar-refractivity contribution is 6.37. The Bertz CT molecular complexity index is 959. The standard InChI is InChI=1S/C27H45N5O5/c1-25(2,3)20(30-24(37)31-26(4,5)6)23(36)32-13-15-17(27(15,7)8)18(32)22(35)29-16(19(33)21(28)34)12-14-10-9-11-14/h14-18,20H,9-13H2,1-8H3,(H2,28,34)(H,29,35)(H2,30,31,37)/t15?,16?,17?,18-,20+/m0/s1. The number of urea groups is 1. The first-order valence-corrected chi connectivity index (χ1v) is 13.4. The van der Waals surface area contributed by atoms with Crippen LogP contribution < -0.4 is 21.7 Å². The van der Waals surface area contributed by atoms with Gasteiger partial charge in [0.1, 0.15) is 12.1 Å². The van der Waals surface area contributed by atoms with Gasteiger partial charge in [0, 0.05) is 12.1 Å². The van der Waals surface area contributed by atoms with E-state index in [4.69, 9.17) is 5.73 Å². The third kappa shape index (κ3) is 6.26. The summed E-state index contributed by atoms with van der Waals surface area (Å²) in [5.74, 6) is -2.35. The molecule has 3 aliphatic rings. The van der Waals surface area contributed by atoms with Crippen LogP contribution in [0.25, 0.3) is 0 Å². The molecule has 0 aromatic heterocycles. The van der Waals surface area contributed by atoms with E-state index in [9.17, 15) is 24.0 Å². The number of carbonyl (C=O) groups is 5. The second kappa shape index (κ2) is 9.91. The maximum Gasteiger partial charge on any atom is 0.315 e. The lowest BCUT2D eigenvalue weighted by Crippen LogP contribution is -2.62. The minimum atomic E-state index is -1.07. The fourth-order valence-electron chi connectivity index (χ4n) is 5.86. The van der Waals surface area contributed by atoms with Crippen molar-refractivity contribution in [3.05, 3.63) is 0 Å². The molecule has 10 heteroatoms. The smallest absolute Gasteiger partial charge is 0.315 e. The molecule has 5 N–H and O–H groups in total. The van der Waals surface area contributed by atoms with Gasteiger partial charge in [-0.1, -0.05) is 53.9 Å². The first-order chi connectivity index (χ1) is 16.8. The van der Waals surface area contributed by atoms with Gasteiger partial charge in [-0.3, -0.25) is 19.2 Å². The third-order valence-electron chi connectivity index (χ3n) is 8.31. The number of hydrogen-bond donors (Lipinski definition) is 4. The van der Waals surface area contributed by atoms with E-state index in [2.05, 4.69) is 29.8 Å². The SMILES string of the molecule is CC(C)(C)NC(=O)N[C@H](C(=O)N1CC2C([C@H]1C(=O)NC(CC1CCC1)C(=O)C(N)=O)C2(C)C)C(C)(C)C. The molecule has 0 aromatic carbocycles. The van der Waals surface area contributed by atoms with Gasteiger partial charge in [-0.25, -0.2) is 4.79 Å². The molecule has 0 spiro atoms. The maximum atomic E-state index is 13.9. The van der Waals surface area contributed by atoms with Crippen LogP contribution in [0.4, 0.5) is 4.79 Å². The highest BCUT2D eigenvalue weighted by Gasteiger charge is 2.70. The maximum absolute atomic E-state index is 13.9. The molecule has 10 nitrogen and oxygen atoms in total. The third-order valence-corrected chi connectivity index (χ3v) is 8.31. The normalized spacial score (nSPS) is 26.3. The van der Waals surface area contributed by atoms with Crippen molar-refractivity contribution in [3.8, 4) is 0 Å². The largest absolute Gasteiger partial charge is 0.363 e. The van der Waals surface area contributed by atoms with Crippen LogP contribution in [0.2, 0.25) is 0 Å². The van der Waals surface area contributed by atoms with E-state index in [1.54, 1.807) is 4.90 Å². The Morgan fingerprint density at radius 3 is 2.05 bits per heavy atom. The summed E-state index contributed by atoms with van der Waals surface area (Å²) in [5, 5.41) is 8.44.